The second-order valence-corrected chi connectivity index (χ2v) is 6.32. The first-order valence-electron chi connectivity index (χ1n) is 7.90. The summed E-state index contributed by atoms with van der Waals surface area (Å²) in [6.07, 6.45) is 1.07. The average molecular weight is 291 g/mol. The molecule has 2 rings (SSSR count). The van der Waals surface area contributed by atoms with Gasteiger partial charge >= 0.3 is 0 Å². The number of likely N-dealkylation sites (N-methyl/N-ethyl adjacent to an activating group) is 1. The zero-order valence-corrected chi connectivity index (χ0v) is 13.6. The predicted octanol–water partition coefficient (Wildman–Crippen LogP) is 1.80. The van der Waals surface area contributed by atoms with E-state index in [1.807, 2.05) is 24.3 Å². The molecule has 1 fully saturated rings. The standard InChI is InChI=1S/C17H29N3O/c1-14-12-20(13-17(14)19(2)3)8-5-9-21-16-7-4-6-15(10-16)11-18/h4,6-7,10,14,17H,5,8-9,11-13,18H2,1-3H3. The lowest BCUT2D eigenvalue weighted by Crippen LogP contribution is -2.34. The molecule has 1 aliphatic rings. The molecule has 1 aromatic carbocycles. The van der Waals surface area contributed by atoms with Crippen molar-refractivity contribution in [3.05, 3.63) is 29.8 Å². The molecule has 118 valence electrons. The lowest BCUT2D eigenvalue weighted by molar-refractivity contribution is 0.238. The first-order chi connectivity index (χ1) is 10.1. The van der Waals surface area contributed by atoms with Gasteiger partial charge in [0.25, 0.3) is 0 Å². The predicted molar refractivity (Wildman–Crippen MR) is 87.5 cm³/mol. The van der Waals surface area contributed by atoms with Gasteiger partial charge in [0, 0.05) is 32.2 Å². The summed E-state index contributed by atoms with van der Waals surface area (Å²) in [5.74, 6) is 1.68. The van der Waals surface area contributed by atoms with E-state index >= 15 is 0 Å². The molecule has 4 heteroatoms. The van der Waals surface area contributed by atoms with Crippen molar-refractivity contribution in [3.63, 3.8) is 0 Å². The number of hydrogen-bond donors (Lipinski definition) is 1. The Morgan fingerprint density at radius 3 is 2.81 bits per heavy atom. The molecule has 2 unspecified atom stereocenters. The third kappa shape index (κ3) is 4.70. The minimum atomic E-state index is 0.564. The molecule has 0 amide bonds. The van der Waals surface area contributed by atoms with Crippen LogP contribution in [0.5, 0.6) is 5.75 Å². The van der Waals surface area contributed by atoms with Crippen molar-refractivity contribution >= 4 is 0 Å². The Morgan fingerprint density at radius 1 is 1.33 bits per heavy atom. The van der Waals surface area contributed by atoms with Crippen molar-refractivity contribution in [2.45, 2.75) is 25.9 Å². The molecule has 1 aliphatic heterocycles. The SMILES string of the molecule is CC1CN(CCCOc2cccc(CN)c2)CC1N(C)C. The molecule has 0 aromatic heterocycles. The Hall–Kier alpha value is -1.10. The fourth-order valence-electron chi connectivity index (χ4n) is 3.14. The summed E-state index contributed by atoms with van der Waals surface area (Å²) in [4.78, 5) is 4.90. The fourth-order valence-corrected chi connectivity index (χ4v) is 3.14. The maximum absolute atomic E-state index is 5.82. The average Bonchev–Trinajstić information content (AvgIpc) is 2.85. The lowest BCUT2D eigenvalue weighted by Gasteiger charge is -2.22. The summed E-state index contributed by atoms with van der Waals surface area (Å²) in [5, 5.41) is 0. The van der Waals surface area contributed by atoms with Gasteiger partial charge in [0.15, 0.2) is 0 Å². The highest BCUT2D eigenvalue weighted by Crippen LogP contribution is 2.20. The maximum Gasteiger partial charge on any atom is 0.119 e. The minimum absolute atomic E-state index is 0.564. The van der Waals surface area contributed by atoms with E-state index in [0.29, 0.717) is 12.6 Å². The largest absolute Gasteiger partial charge is 0.494 e. The van der Waals surface area contributed by atoms with Crippen LogP contribution in [0.4, 0.5) is 0 Å². The van der Waals surface area contributed by atoms with Crippen LogP contribution in [0, 0.1) is 5.92 Å². The Balaban J connectivity index is 1.68. The number of hydrogen-bond acceptors (Lipinski definition) is 4. The Bertz CT molecular complexity index is 436. The van der Waals surface area contributed by atoms with Crippen molar-refractivity contribution in [1.29, 1.82) is 0 Å². The van der Waals surface area contributed by atoms with Crippen molar-refractivity contribution in [3.8, 4) is 5.75 Å². The highest BCUT2D eigenvalue weighted by Gasteiger charge is 2.30. The summed E-state index contributed by atoms with van der Waals surface area (Å²) in [7, 11) is 4.36. The molecule has 1 heterocycles. The molecule has 0 radical (unpaired) electrons. The normalized spacial score (nSPS) is 22.9. The van der Waals surface area contributed by atoms with Gasteiger partial charge in [0.2, 0.25) is 0 Å². The Labute approximate surface area is 128 Å². The monoisotopic (exact) mass is 291 g/mol. The third-order valence-electron chi connectivity index (χ3n) is 4.33. The van der Waals surface area contributed by atoms with Crippen molar-refractivity contribution in [2.24, 2.45) is 11.7 Å². The highest BCUT2D eigenvalue weighted by molar-refractivity contribution is 5.28. The number of likely N-dealkylation sites (tertiary alicyclic amines) is 1. The summed E-state index contributed by atoms with van der Waals surface area (Å²) in [6.45, 7) is 7.17. The van der Waals surface area contributed by atoms with Crippen LogP contribution in [0.15, 0.2) is 24.3 Å². The van der Waals surface area contributed by atoms with Crippen LogP contribution >= 0.6 is 0 Å². The second-order valence-electron chi connectivity index (χ2n) is 6.32. The van der Waals surface area contributed by atoms with Crippen molar-refractivity contribution in [2.75, 3.05) is 40.3 Å². The summed E-state index contributed by atoms with van der Waals surface area (Å²) < 4.78 is 5.82. The molecule has 21 heavy (non-hydrogen) atoms. The Kier molecular flexibility index (Phi) is 6.03. The summed E-state index contributed by atoms with van der Waals surface area (Å²) in [5.41, 5.74) is 6.76. The van der Waals surface area contributed by atoms with E-state index < -0.39 is 0 Å². The van der Waals surface area contributed by atoms with Crippen LogP contribution in [0.3, 0.4) is 0 Å². The van der Waals surface area contributed by atoms with Gasteiger partial charge in [0.1, 0.15) is 5.75 Å². The molecule has 0 spiro atoms. The molecule has 0 aliphatic carbocycles. The van der Waals surface area contributed by atoms with E-state index in [1.165, 1.54) is 13.1 Å². The Morgan fingerprint density at radius 2 is 2.14 bits per heavy atom. The minimum Gasteiger partial charge on any atom is -0.494 e. The number of nitrogens with two attached hydrogens (primary N) is 1. The topological polar surface area (TPSA) is 41.7 Å². The zero-order valence-electron chi connectivity index (χ0n) is 13.6. The molecule has 2 N–H and O–H groups in total. The molecule has 0 saturated carbocycles. The molecular weight excluding hydrogens is 262 g/mol. The van der Waals surface area contributed by atoms with Gasteiger partial charge in [-0.25, -0.2) is 0 Å². The van der Waals surface area contributed by atoms with Crippen LogP contribution in [0.1, 0.15) is 18.9 Å². The van der Waals surface area contributed by atoms with Crippen LogP contribution < -0.4 is 10.5 Å². The quantitative estimate of drug-likeness (QED) is 0.778. The van der Waals surface area contributed by atoms with Gasteiger partial charge in [-0.2, -0.15) is 0 Å². The van der Waals surface area contributed by atoms with Crippen LogP contribution in [0.2, 0.25) is 0 Å². The van der Waals surface area contributed by atoms with Gasteiger partial charge in [-0.1, -0.05) is 19.1 Å². The van der Waals surface area contributed by atoms with E-state index in [2.05, 4.69) is 30.8 Å². The van der Waals surface area contributed by atoms with E-state index in [4.69, 9.17) is 10.5 Å². The third-order valence-corrected chi connectivity index (χ3v) is 4.33. The van der Waals surface area contributed by atoms with Gasteiger partial charge < -0.3 is 20.3 Å². The lowest BCUT2D eigenvalue weighted by atomic mass is 10.1. The van der Waals surface area contributed by atoms with Gasteiger partial charge in [-0.05, 0) is 44.1 Å². The molecule has 1 saturated heterocycles. The zero-order chi connectivity index (χ0) is 15.2. The number of benzene rings is 1. The molecule has 4 nitrogen and oxygen atoms in total. The van der Waals surface area contributed by atoms with E-state index in [-0.39, 0.29) is 0 Å². The van der Waals surface area contributed by atoms with Crippen LogP contribution in [-0.4, -0.2) is 56.2 Å². The fraction of sp³-hybridized carbons (Fsp3) is 0.647. The van der Waals surface area contributed by atoms with Crippen LogP contribution in [-0.2, 0) is 6.54 Å². The van der Waals surface area contributed by atoms with Crippen molar-refractivity contribution < 1.29 is 4.74 Å². The highest BCUT2D eigenvalue weighted by atomic mass is 16.5. The second kappa shape index (κ2) is 7.78. The first kappa shape index (κ1) is 16.3. The van der Waals surface area contributed by atoms with Gasteiger partial charge in [-0.15, -0.1) is 0 Å². The number of nitrogens with zero attached hydrogens (tertiary/aromatic N) is 2. The summed E-state index contributed by atoms with van der Waals surface area (Å²) in [6, 6.07) is 8.74. The number of rotatable bonds is 7. The van der Waals surface area contributed by atoms with Gasteiger partial charge in [0.05, 0.1) is 6.61 Å². The van der Waals surface area contributed by atoms with Gasteiger partial charge in [-0.3, -0.25) is 0 Å². The van der Waals surface area contributed by atoms with Crippen LogP contribution in [0.25, 0.3) is 0 Å². The molecule has 2 atom stereocenters. The van der Waals surface area contributed by atoms with Crippen molar-refractivity contribution in [1.82, 2.24) is 9.80 Å². The molecular formula is C17H29N3O. The summed E-state index contributed by atoms with van der Waals surface area (Å²) >= 11 is 0. The molecule has 0 bridgehead atoms. The number of ether oxygens (including phenoxy) is 1. The first-order valence-corrected chi connectivity index (χ1v) is 7.90. The molecule has 1 aromatic rings. The van der Waals surface area contributed by atoms with E-state index in [0.717, 1.165) is 36.8 Å². The van der Waals surface area contributed by atoms with E-state index in [9.17, 15) is 0 Å². The van der Waals surface area contributed by atoms with E-state index in [1.54, 1.807) is 0 Å². The maximum atomic E-state index is 5.82. The smallest absolute Gasteiger partial charge is 0.119 e.